The molecule has 1 aromatic carbocycles. The number of halogens is 3. The summed E-state index contributed by atoms with van der Waals surface area (Å²) in [4.78, 5) is 11.0. The van der Waals surface area contributed by atoms with Gasteiger partial charge in [-0.05, 0) is 18.1 Å². The van der Waals surface area contributed by atoms with E-state index in [4.69, 9.17) is 9.47 Å². The largest absolute Gasteiger partial charge is 0.573 e. The summed E-state index contributed by atoms with van der Waals surface area (Å²) in [6.07, 6.45) is -4.43. The molecule has 0 heterocycles. The number of carbonyl (C=O) groups excluding carboxylic acids is 1. The number of ether oxygens (including phenoxy) is 4. The average Bonchev–Trinajstić information content (AvgIpc) is 2.43. The van der Waals surface area contributed by atoms with Gasteiger partial charge in [0.2, 0.25) is 0 Å². The van der Waals surface area contributed by atoms with Crippen molar-refractivity contribution in [1.29, 1.82) is 0 Å². The standard InChI is InChI=1S/C13H15F3O5/c1-4-8-5-11(21-13(14,15)16)10(6-9(8)18-2)20-7-12(17)19-3/h5-6H,4,7H2,1-3H3. The predicted molar refractivity (Wildman–Crippen MR) is 66.6 cm³/mol. The van der Waals surface area contributed by atoms with Crippen LogP contribution >= 0.6 is 0 Å². The van der Waals surface area contributed by atoms with E-state index in [1.807, 2.05) is 0 Å². The van der Waals surface area contributed by atoms with E-state index in [9.17, 15) is 18.0 Å². The van der Waals surface area contributed by atoms with Crippen molar-refractivity contribution in [3.63, 3.8) is 0 Å². The summed E-state index contributed by atoms with van der Waals surface area (Å²) in [6.45, 7) is 1.21. The van der Waals surface area contributed by atoms with Gasteiger partial charge in [0.1, 0.15) is 5.75 Å². The second-order valence-electron chi connectivity index (χ2n) is 3.88. The quantitative estimate of drug-likeness (QED) is 0.756. The van der Waals surface area contributed by atoms with E-state index in [0.717, 1.165) is 7.11 Å². The van der Waals surface area contributed by atoms with Crippen LogP contribution < -0.4 is 14.2 Å². The molecule has 0 saturated carbocycles. The maximum atomic E-state index is 12.4. The van der Waals surface area contributed by atoms with Crippen LogP contribution in [0.5, 0.6) is 17.2 Å². The maximum absolute atomic E-state index is 12.4. The molecule has 118 valence electrons. The van der Waals surface area contributed by atoms with Crippen LogP contribution in [0.25, 0.3) is 0 Å². The van der Waals surface area contributed by atoms with Crippen molar-refractivity contribution in [2.45, 2.75) is 19.7 Å². The lowest BCUT2D eigenvalue weighted by Crippen LogP contribution is -2.19. The first-order valence-corrected chi connectivity index (χ1v) is 5.97. The zero-order valence-corrected chi connectivity index (χ0v) is 11.7. The monoisotopic (exact) mass is 308 g/mol. The highest BCUT2D eigenvalue weighted by atomic mass is 19.4. The van der Waals surface area contributed by atoms with Gasteiger partial charge in [0.05, 0.1) is 14.2 Å². The van der Waals surface area contributed by atoms with Gasteiger partial charge in [-0.3, -0.25) is 0 Å². The fourth-order valence-electron chi connectivity index (χ4n) is 1.56. The second-order valence-corrected chi connectivity index (χ2v) is 3.88. The Morgan fingerprint density at radius 1 is 1.14 bits per heavy atom. The molecule has 0 spiro atoms. The number of methoxy groups -OCH3 is 2. The number of aryl methyl sites for hydroxylation is 1. The normalized spacial score (nSPS) is 11.0. The van der Waals surface area contributed by atoms with Crippen molar-refractivity contribution >= 4 is 5.97 Å². The number of carbonyl (C=O) groups is 1. The molecule has 0 fully saturated rings. The minimum Gasteiger partial charge on any atom is -0.496 e. The van der Waals surface area contributed by atoms with Gasteiger partial charge < -0.3 is 18.9 Å². The van der Waals surface area contributed by atoms with Crippen molar-refractivity contribution in [2.24, 2.45) is 0 Å². The molecule has 5 nitrogen and oxygen atoms in total. The number of esters is 1. The Morgan fingerprint density at radius 2 is 1.81 bits per heavy atom. The van der Waals surface area contributed by atoms with Crippen LogP contribution in [-0.2, 0) is 16.0 Å². The molecular formula is C13H15F3O5. The van der Waals surface area contributed by atoms with Crippen molar-refractivity contribution in [2.75, 3.05) is 20.8 Å². The molecule has 0 aliphatic carbocycles. The third kappa shape index (κ3) is 5.05. The predicted octanol–water partition coefficient (Wildman–Crippen LogP) is 2.71. The molecule has 0 aromatic heterocycles. The van der Waals surface area contributed by atoms with E-state index < -0.39 is 24.7 Å². The zero-order valence-electron chi connectivity index (χ0n) is 11.7. The summed E-state index contributed by atoms with van der Waals surface area (Å²) in [6, 6.07) is 2.40. The fourth-order valence-corrected chi connectivity index (χ4v) is 1.56. The number of alkyl halides is 3. The number of benzene rings is 1. The van der Waals surface area contributed by atoms with Crippen LogP contribution in [0.4, 0.5) is 13.2 Å². The number of rotatable bonds is 6. The van der Waals surface area contributed by atoms with Gasteiger partial charge in [-0.15, -0.1) is 13.2 Å². The molecule has 8 heteroatoms. The van der Waals surface area contributed by atoms with Crippen molar-refractivity contribution in [3.8, 4) is 17.2 Å². The first-order chi connectivity index (χ1) is 9.80. The van der Waals surface area contributed by atoms with E-state index in [1.54, 1.807) is 6.92 Å². The van der Waals surface area contributed by atoms with Gasteiger partial charge in [0, 0.05) is 6.07 Å². The summed E-state index contributed by atoms with van der Waals surface area (Å²) >= 11 is 0. The molecule has 0 amide bonds. The van der Waals surface area contributed by atoms with Crippen LogP contribution in [0, 0.1) is 0 Å². The number of hydrogen-bond acceptors (Lipinski definition) is 5. The van der Waals surface area contributed by atoms with Crippen LogP contribution in [-0.4, -0.2) is 33.2 Å². The third-order valence-electron chi connectivity index (χ3n) is 2.53. The molecule has 1 rings (SSSR count). The van der Waals surface area contributed by atoms with Crippen LogP contribution in [0.15, 0.2) is 12.1 Å². The molecule has 0 radical (unpaired) electrons. The molecule has 0 aliphatic heterocycles. The molecule has 0 saturated heterocycles. The van der Waals surface area contributed by atoms with Gasteiger partial charge in [-0.1, -0.05) is 6.92 Å². The maximum Gasteiger partial charge on any atom is 0.573 e. The first kappa shape index (κ1) is 16.9. The highest BCUT2D eigenvalue weighted by Crippen LogP contribution is 2.38. The summed E-state index contributed by atoms with van der Waals surface area (Å²) in [7, 11) is 2.52. The molecule has 0 bridgehead atoms. The summed E-state index contributed by atoms with van der Waals surface area (Å²) in [5, 5.41) is 0. The van der Waals surface area contributed by atoms with Crippen LogP contribution in [0.2, 0.25) is 0 Å². The Balaban J connectivity index is 3.13. The Kier molecular flexibility index (Phi) is 5.69. The molecule has 0 atom stereocenters. The molecule has 0 aliphatic rings. The lowest BCUT2D eigenvalue weighted by atomic mass is 10.1. The van der Waals surface area contributed by atoms with E-state index in [0.29, 0.717) is 17.7 Å². The van der Waals surface area contributed by atoms with Gasteiger partial charge in [0.25, 0.3) is 0 Å². The summed E-state index contributed by atoms with van der Waals surface area (Å²) in [5.74, 6) is -1.19. The van der Waals surface area contributed by atoms with Gasteiger partial charge >= 0.3 is 12.3 Å². The smallest absolute Gasteiger partial charge is 0.496 e. The highest BCUT2D eigenvalue weighted by molar-refractivity contribution is 5.71. The summed E-state index contributed by atoms with van der Waals surface area (Å²) < 4.78 is 55.5. The van der Waals surface area contributed by atoms with Crippen LogP contribution in [0.3, 0.4) is 0 Å². The average molecular weight is 308 g/mol. The molecule has 0 N–H and O–H groups in total. The number of hydrogen-bond donors (Lipinski definition) is 0. The van der Waals surface area contributed by atoms with Gasteiger partial charge in [-0.25, -0.2) is 4.79 Å². The van der Waals surface area contributed by atoms with Crippen molar-refractivity contribution < 1.29 is 36.9 Å². The summed E-state index contributed by atoms with van der Waals surface area (Å²) in [5.41, 5.74) is 0.516. The van der Waals surface area contributed by atoms with Crippen molar-refractivity contribution in [3.05, 3.63) is 17.7 Å². The first-order valence-electron chi connectivity index (χ1n) is 5.97. The minimum absolute atomic E-state index is 0.258. The van der Waals surface area contributed by atoms with Gasteiger partial charge in [0.15, 0.2) is 18.1 Å². The Hall–Kier alpha value is -2.12. The van der Waals surface area contributed by atoms with E-state index >= 15 is 0 Å². The SMILES string of the molecule is CCc1cc(OC(F)(F)F)c(OCC(=O)OC)cc1OC. The third-order valence-corrected chi connectivity index (χ3v) is 2.53. The molecule has 0 unspecified atom stereocenters. The highest BCUT2D eigenvalue weighted by Gasteiger charge is 2.33. The lowest BCUT2D eigenvalue weighted by Gasteiger charge is -2.17. The fraction of sp³-hybridized carbons (Fsp3) is 0.462. The lowest BCUT2D eigenvalue weighted by molar-refractivity contribution is -0.275. The second kappa shape index (κ2) is 7.05. The topological polar surface area (TPSA) is 54.0 Å². The van der Waals surface area contributed by atoms with E-state index in [-0.39, 0.29) is 5.75 Å². The Bertz CT molecular complexity index is 499. The van der Waals surface area contributed by atoms with Gasteiger partial charge in [-0.2, -0.15) is 0 Å². The Labute approximate surface area is 119 Å². The Morgan fingerprint density at radius 3 is 2.29 bits per heavy atom. The molecular weight excluding hydrogens is 293 g/mol. The van der Waals surface area contributed by atoms with E-state index in [2.05, 4.69) is 9.47 Å². The molecule has 1 aromatic rings. The zero-order chi connectivity index (χ0) is 16.0. The van der Waals surface area contributed by atoms with Crippen LogP contribution in [0.1, 0.15) is 12.5 Å². The molecule has 21 heavy (non-hydrogen) atoms. The van der Waals surface area contributed by atoms with E-state index in [1.165, 1.54) is 19.2 Å². The van der Waals surface area contributed by atoms with Crippen molar-refractivity contribution in [1.82, 2.24) is 0 Å². The minimum atomic E-state index is -4.87.